The fraction of sp³-hybridized carbons (Fsp3) is 0. The molecule has 9 aromatic carbocycles. The van der Waals surface area contributed by atoms with E-state index in [0.717, 1.165) is 82.7 Å². The molecule has 12 rings (SSSR count). The van der Waals surface area contributed by atoms with Crippen molar-refractivity contribution in [3.63, 3.8) is 0 Å². The molecule has 12 aromatic rings. The number of fused-ring (bicyclic) bond motifs is 6. The van der Waals surface area contributed by atoms with Crippen molar-refractivity contribution in [1.29, 1.82) is 26.3 Å². The lowest BCUT2D eigenvalue weighted by Gasteiger charge is -2.21. The molecule has 0 aliphatic carbocycles. The SMILES string of the molecule is N#Cc1cccc(-c2ccc(-n3c4ccc(C#N)cc4c4cc(C#N)ccc43)c(-c3cccc(-n4c5ccc(C#N)cc5c5cc(C#N)ccc54)c3-c3nc(-c4ccccc4)nc(-c4ccccc4)n3)c2)c1. The molecule has 10 nitrogen and oxygen atoms in total. The number of nitrogens with zero attached hydrogens (tertiary/aromatic N) is 10. The molecule has 0 radical (unpaired) electrons. The molecule has 0 aliphatic heterocycles. The highest BCUT2D eigenvalue weighted by molar-refractivity contribution is 6.12. The average molecular weight is 917 g/mol. The van der Waals surface area contributed by atoms with Crippen LogP contribution in [-0.4, -0.2) is 24.1 Å². The van der Waals surface area contributed by atoms with E-state index >= 15 is 0 Å². The summed E-state index contributed by atoms with van der Waals surface area (Å²) in [6.07, 6.45) is 0. The minimum atomic E-state index is 0.382. The van der Waals surface area contributed by atoms with Gasteiger partial charge >= 0.3 is 0 Å². The van der Waals surface area contributed by atoms with E-state index in [1.54, 1.807) is 30.3 Å². The van der Waals surface area contributed by atoms with E-state index in [0.29, 0.717) is 56.5 Å². The third-order valence-corrected chi connectivity index (χ3v) is 13.1. The summed E-state index contributed by atoms with van der Waals surface area (Å²) in [7, 11) is 0. The van der Waals surface area contributed by atoms with Gasteiger partial charge in [0.15, 0.2) is 17.5 Å². The monoisotopic (exact) mass is 916 g/mol. The van der Waals surface area contributed by atoms with E-state index in [1.165, 1.54) is 0 Å². The van der Waals surface area contributed by atoms with Crippen molar-refractivity contribution in [3.05, 3.63) is 222 Å². The third kappa shape index (κ3) is 7.04. The van der Waals surface area contributed by atoms with E-state index in [4.69, 9.17) is 15.0 Å². The van der Waals surface area contributed by atoms with Gasteiger partial charge in [0.2, 0.25) is 0 Å². The molecular formula is C62H32N10. The lowest BCUT2D eigenvalue weighted by molar-refractivity contribution is 1.06. The van der Waals surface area contributed by atoms with E-state index in [2.05, 4.69) is 57.7 Å². The smallest absolute Gasteiger partial charge is 0.166 e. The Hall–Kier alpha value is -11.0. The van der Waals surface area contributed by atoms with Gasteiger partial charge in [-0.3, -0.25) is 0 Å². The topological polar surface area (TPSA) is 167 Å². The van der Waals surface area contributed by atoms with Gasteiger partial charge in [-0.05, 0) is 120 Å². The molecule has 0 N–H and O–H groups in total. The van der Waals surface area contributed by atoms with Crippen molar-refractivity contribution in [2.75, 3.05) is 0 Å². The van der Waals surface area contributed by atoms with Gasteiger partial charge in [-0.25, -0.2) is 15.0 Å². The van der Waals surface area contributed by atoms with Gasteiger partial charge in [-0.2, -0.15) is 26.3 Å². The van der Waals surface area contributed by atoms with Crippen LogP contribution >= 0.6 is 0 Å². The summed E-state index contributed by atoms with van der Waals surface area (Å²) in [5.74, 6) is 1.31. The van der Waals surface area contributed by atoms with Gasteiger partial charge in [-0.1, -0.05) is 91.0 Å². The van der Waals surface area contributed by atoms with Gasteiger partial charge in [0, 0.05) is 38.2 Å². The minimum Gasteiger partial charge on any atom is -0.309 e. The summed E-state index contributed by atoms with van der Waals surface area (Å²) in [4.78, 5) is 15.8. The molecule has 0 saturated carbocycles. The second-order valence-electron chi connectivity index (χ2n) is 17.2. The predicted octanol–water partition coefficient (Wildman–Crippen LogP) is 13.8. The number of benzene rings is 9. The Bertz CT molecular complexity index is 4250. The zero-order chi connectivity index (χ0) is 48.9. The molecule has 0 saturated heterocycles. The Morgan fingerprint density at radius 1 is 0.292 bits per heavy atom. The second kappa shape index (κ2) is 17.3. The third-order valence-electron chi connectivity index (χ3n) is 13.1. The molecule has 0 unspecified atom stereocenters. The summed E-state index contributed by atoms with van der Waals surface area (Å²) in [6.45, 7) is 0. The summed E-state index contributed by atoms with van der Waals surface area (Å²) in [5, 5.41) is 53.7. The average Bonchev–Trinajstić information content (AvgIpc) is 3.95. The summed E-state index contributed by atoms with van der Waals surface area (Å²) >= 11 is 0. The number of hydrogen-bond donors (Lipinski definition) is 0. The summed E-state index contributed by atoms with van der Waals surface area (Å²) in [6, 6.07) is 73.4. The molecule has 0 fully saturated rings. The molecule has 3 aromatic heterocycles. The molecule has 10 heteroatoms. The quantitative estimate of drug-likeness (QED) is 0.152. The Labute approximate surface area is 412 Å². The maximum Gasteiger partial charge on any atom is 0.166 e. The van der Waals surface area contributed by atoms with Gasteiger partial charge in [0.1, 0.15) is 0 Å². The largest absolute Gasteiger partial charge is 0.309 e. The first-order chi connectivity index (χ1) is 35.4. The summed E-state index contributed by atoms with van der Waals surface area (Å²) in [5.41, 5.74) is 12.6. The number of nitriles is 5. The van der Waals surface area contributed by atoms with E-state index in [9.17, 15) is 26.3 Å². The van der Waals surface area contributed by atoms with Crippen LogP contribution in [0, 0.1) is 56.7 Å². The van der Waals surface area contributed by atoms with Crippen LogP contribution in [-0.2, 0) is 0 Å². The zero-order valence-electron chi connectivity index (χ0n) is 37.9. The minimum absolute atomic E-state index is 0.382. The lowest BCUT2D eigenvalue weighted by Crippen LogP contribution is -2.06. The molecule has 3 heterocycles. The number of aromatic nitrogens is 5. The number of hydrogen-bond acceptors (Lipinski definition) is 8. The van der Waals surface area contributed by atoms with Crippen LogP contribution in [0.2, 0.25) is 0 Å². The highest BCUT2D eigenvalue weighted by atomic mass is 15.1. The standard InChI is InChI=1S/C62H32N10/c63-33-38-9-7-14-45(27-38)46-21-26-57(71-53-22-17-39(34-64)28-48(53)49-29-40(35-65)18-23-54(49)71)52(32-46)47-15-8-16-58(72-55-24-19-41(36-66)30-50(55)51-31-42(37-67)20-25-56(51)72)59(47)62-69-60(43-10-3-1-4-11-43)68-61(70-62)44-12-5-2-6-13-44/h1-32H. The molecule has 0 aliphatic rings. The molecular weight excluding hydrogens is 885 g/mol. The Kier molecular flexibility index (Phi) is 10.2. The van der Waals surface area contributed by atoms with Gasteiger partial charge < -0.3 is 9.13 Å². The van der Waals surface area contributed by atoms with Gasteiger partial charge in [-0.15, -0.1) is 0 Å². The molecule has 0 spiro atoms. The molecule has 330 valence electrons. The normalized spacial score (nSPS) is 11.0. The molecule has 0 amide bonds. The molecule has 0 bridgehead atoms. The predicted molar refractivity (Wildman–Crippen MR) is 279 cm³/mol. The van der Waals surface area contributed by atoms with E-state index < -0.39 is 0 Å². The highest BCUT2D eigenvalue weighted by Crippen LogP contribution is 2.45. The summed E-state index contributed by atoms with van der Waals surface area (Å²) < 4.78 is 4.31. The first kappa shape index (κ1) is 42.4. The van der Waals surface area contributed by atoms with Crippen molar-refractivity contribution < 1.29 is 0 Å². The lowest BCUT2D eigenvalue weighted by atomic mass is 9.92. The molecule has 0 atom stereocenters. The van der Waals surface area contributed by atoms with Crippen LogP contribution in [0.1, 0.15) is 27.8 Å². The van der Waals surface area contributed by atoms with Crippen LogP contribution in [0.15, 0.2) is 194 Å². The van der Waals surface area contributed by atoms with Crippen LogP contribution in [0.25, 0.3) is 111 Å². The van der Waals surface area contributed by atoms with E-state index in [1.807, 2.05) is 146 Å². The van der Waals surface area contributed by atoms with Crippen molar-refractivity contribution in [3.8, 4) is 98.1 Å². The van der Waals surface area contributed by atoms with Crippen molar-refractivity contribution in [1.82, 2.24) is 24.1 Å². The Morgan fingerprint density at radius 2 is 0.694 bits per heavy atom. The second-order valence-corrected chi connectivity index (χ2v) is 17.2. The van der Waals surface area contributed by atoms with Crippen molar-refractivity contribution in [2.45, 2.75) is 0 Å². The fourth-order valence-corrected chi connectivity index (χ4v) is 9.84. The van der Waals surface area contributed by atoms with Crippen molar-refractivity contribution >= 4 is 43.6 Å². The van der Waals surface area contributed by atoms with Crippen LogP contribution in [0.3, 0.4) is 0 Å². The van der Waals surface area contributed by atoms with E-state index in [-0.39, 0.29) is 0 Å². The molecule has 72 heavy (non-hydrogen) atoms. The first-order valence-corrected chi connectivity index (χ1v) is 22.9. The van der Waals surface area contributed by atoms with Crippen LogP contribution in [0.4, 0.5) is 0 Å². The van der Waals surface area contributed by atoms with Crippen molar-refractivity contribution in [2.24, 2.45) is 0 Å². The van der Waals surface area contributed by atoms with Gasteiger partial charge in [0.25, 0.3) is 0 Å². The van der Waals surface area contributed by atoms with Gasteiger partial charge in [0.05, 0.1) is 97.2 Å². The zero-order valence-corrected chi connectivity index (χ0v) is 37.9. The highest BCUT2D eigenvalue weighted by Gasteiger charge is 2.26. The van der Waals surface area contributed by atoms with Crippen LogP contribution in [0.5, 0.6) is 0 Å². The number of rotatable bonds is 7. The Balaban J connectivity index is 1.26. The maximum absolute atomic E-state index is 10.1. The maximum atomic E-state index is 10.1. The first-order valence-electron chi connectivity index (χ1n) is 22.9. The fourth-order valence-electron chi connectivity index (χ4n) is 9.84. The van der Waals surface area contributed by atoms with Crippen LogP contribution < -0.4 is 0 Å². The Morgan fingerprint density at radius 3 is 1.17 bits per heavy atom.